The van der Waals surface area contributed by atoms with Gasteiger partial charge in [0.05, 0.1) is 20.0 Å². The predicted molar refractivity (Wildman–Crippen MR) is 81.0 cm³/mol. The Balaban J connectivity index is 2.38. The molecule has 0 unspecified atom stereocenters. The average molecular weight is 408 g/mol. The third-order valence-electron chi connectivity index (χ3n) is 4.04. The molecule has 0 radical (unpaired) electrons. The van der Waals surface area contributed by atoms with Crippen LogP contribution in [0.1, 0.15) is 12.8 Å². The van der Waals surface area contributed by atoms with Crippen LogP contribution in [0.15, 0.2) is 20.1 Å². The van der Waals surface area contributed by atoms with E-state index in [9.17, 15) is 0 Å². The highest BCUT2D eigenvalue weighted by atomic mass is 35.5. The number of alkyl halides is 4. The van der Waals surface area contributed by atoms with Crippen molar-refractivity contribution in [2.45, 2.75) is 32.3 Å². The number of hydrogen-bond acceptors (Lipinski definition) is 0. The molecule has 0 spiro atoms. The quantitative estimate of drug-likeness (QED) is 0.426. The lowest BCUT2D eigenvalue weighted by atomic mass is 9.82. The minimum absolute atomic E-state index is 0.191. The van der Waals surface area contributed by atoms with Gasteiger partial charge in [-0.15, -0.1) is 46.4 Å². The van der Waals surface area contributed by atoms with Crippen LogP contribution in [0, 0.1) is 0 Å². The Morgan fingerprint density at radius 2 is 1.22 bits per heavy atom. The van der Waals surface area contributed by atoms with Crippen molar-refractivity contribution in [2.24, 2.45) is 0 Å². The van der Waals surface area contributed by atoms with Crippen LogP contribution in [-0.2, 0) is 0 Å². The zero-order chi connectivity index (χ0) is 13.7. The van der Waals surface area contributed by atoms with Gasteiger partial charge in [-0.3, -0.25) is 0 Å². The van der Waals surface area contributed by atoms with Gasteiger partial charge >= 0.3 is 0 Å². The van der Waals surface area contributed by atoms with Gasteiger partial charge in [0.1, 0.15) is 14.6 Å². The van der Waals surface area contributed by atoms with E-state index in [1.165, 1.54) is 0 Å². The van der Waals surface area contributed by atoms with E-state index in [0.29, 0.717) is 5.03 Å². The molecule has 8 heteroatoms. The van der Waals surface area contributed by atoms with E-state index in [2.05, 4.69) is 0 Å². The van der Waals surface area contributed by atoms with Crippen LogP contribution in [-0.4, -0.2) is 19.5 Å². The maximum atomic E-state index is 6.65. The van der Waals surface area contributed by atoms with Gasteiger partial charge in [0.2, 0.25) is 0 Å². The molecule has 1 fully saturated rings. The zero-order valence-corrected chi connectivity index (χ0v) is 14.5. The first-order chi connectivity index (χ1) is 8.06. The highest BCUT2D eigenvalue weighted by molar-refractivity contribution is 6.61. The molecule has 100 valence electrons. The fraction of sp³-hybridized carbons (Fsp3) is 0.600. The second-order valence-electron chi connectivity index (χ2n) is 4.76. The molecule has 2 bridgehead atoms. The summed E-state index contributed by atoms with van der Waals surface area (Å²) in [6.45, 7) is 0. The van der Waals surface area contributed by atoms with Crippen LogP contribution < -0.4 is 0 Å². The number of halogens is 8. The van der Waals surface area contributed by atoms with Crippen LogP contribution in [0.25, 0.3) is 0 Å². The third-order valence-corrected chi connectivity index (χ3v) is 9.49. The Morgan fingerprint density at radius 3 is 1.78 bits per heavy atom. The third kappa shape index (κ3) is 1.16. The van der Waals surface area contributed by atoms with Gasteiger partial charge in [0.15, 0.2) is 0 Å². The topological polar surface area (TPSA) is 0 Å². The standard InChI is InChI=1S/C10H4Cl8/c11-3-1-9(17)7(15)2-8(16,6(14)5(7)13)10(9,18)4(3)12/h1-2H2/t7-,8-,9+,10+/m0/s1. The van der Waals surface area contributed by atoms with Crippen molar-refractivity contribution in [3.05, 3.63) is 20.1 Å². The minimum atomic E-state index is -1.35. The highest BCUT2D eigenvalue weighted by Crippen LogP contribution is 2.80. The lowest BCUT2D eigenvalue weighted by Gasteiger charge is -2.46. The largest absolute Gasteiger partial charge is 0.127 e. The summed E-state index contributed by atoms with van der Waals surface area (Å²) in [5, 5.41) is 0.951. The second-order valence-corrected chi connectivity index (χ2v) is 8.86. The molecule has 0 saturated heterocycles. The van der Waals surface area contributed by atoms with Gasteiger partial charge in [0, 0.05) is 11.5 Å². The maximum Gasteiger partial charge on any atom is 0.127 e. The van der Waals surface area contributed by atoms with E-state index >= 15 is 0 Å². The fourth-order valence-electron chi connectivity index (χ4n) is 3.10. The van der Waals surface area contributed by atoms with Crippen LogP contribution in [0.3, 0.4) is 0 Å². The molecule has 0 N–H and O–H groups in total. The van der Waals surface area contributed by atoms with Gasteiger partial charge in [0.25, 0.3) is 0 Å². The minimum Gasteiger partial charge on any atom is -0.114 e. The Bertz CT molecular complexity index is 538. The van der Waals surface area contributed by atoms with Gasteiger partial charge in [-0.05, 0) is 6.42 Å². The molecular weight excluding hydrogens is 404 g/mol. The van der Waals surface area contributed by atoms with Crippen LogP contribution in [0.5, 0.6) is 0 Å². The Labute approximate surface area is 144 Å². The molecule has 3 aliphatic carbocycles. The van der Waals surface area contributed by atoms with Crippen molar-refractivity contribution in [3.8, 4) is 0 Å². The normalized spacial score (nSPS) is 54.7. The average Bonchev–Trinajstić information content (AvgIpc) is 2.65. The van der Waals surface area contributed by atoms with E-state index < -0.39 is 19.5 Å². The summed E-state index contributed by atoms with van der Waals surface area (Å²) in [7, 11) is 0. The lowest BCUT2D eigenvalue weighted by Crippen LogP contribution is -2.58. The number of fused-ring (bicyclic) bond motifs is 5. The Hall–Kier alpha value is 1.80. The number of rotatable bonds is 0. The molecule has 0 aromatic carbocycles. The van der Waals surface area contributed by atoms with Crippen molar-refractivity contribution in [1.29, 1.82) is 0 Å². The zero-order valence-electron chi connectivity index (χ0n) is 8.44. The first kappa shape index (κ1) is 14.7. The number of allylic oxidation sites excluding steroid dienone is 4. The SMILES string of the molecule is ClC1=C(Cl)[C@]2(Cl)[C@@](Cl)(C1)[C@]1(Cl)C[C@]2(Cl)C(Cl)=C1Cl. The van der Waals surface area contributed by atoms with Crippen LogP contribution in [0.4, 0.5) is 0 Å². The molecule has 0 aromatic rings. The first-order valence-electron chi connectivity index (χ1n) is 4.93. The molecule has 0 amide bonds. The summed E-state index contributed by atoms with van der Waals surface area (Å²) >= 11 is 51.1. The van der Waals surface area contributed by atoms with Crippen molar-refractivity contribution in [3.63, 3.8) is 0 Å². The maximum absolute atomic E-state index is 6.65. The summed E-state index contributed by atoms with van der Waals surface area (Å²) in [6, 6.07) is 0. The molecule has 0 aliphatic heterocycles. The van der Waals surface area contributed by atoms with Gasteiger partial charge in [-0.1, -0.05) is 46.4 Å². The molecule has 0 heterocycles. The second kappa shape index (κ2) is 3.76. The molecule has 18 heavy (non-hydrogen) atoms. The van der Waals surface area contributed by atoms with E-state index in [-0.39, 0.29) is 27.9 Å². The predicted octanol–water partition coefficient (Wildman–Crippen LogP) is 6.10. The Morgan fingerprint density at radius 1 is 0.722 bits per heavy atom. The molecule has 1 saturated carbocycles. The van der Waals surface area contributed by atoms with E-state index in [0.717, 1.165) is 0 Å². The highest BCUT2D eigenvalue weighted by Gasteiger charge is 2.85. The molecule has 3 rings (SSSR count). The fourth-order valence-corrected chi connectivity index (χ4v) is 7.27. The van der Waals surface area contributed by atoms with Crippen molar-refractivity contribution in [2.75, 3.05) is 0 Å². The van der Waals surface area contributed by atoms with Crippen molar-refractivity contribution >= 4 is 92.8 Å². The van der Waals surface area contributed by atoms with Gasteiger partial charge in [-0.2, -0.15) is 0 Å². The smallest absolute Gasteiger partial charge is 0.114 e. The molecule has 0 nitrogen and oxygen atoms in total. The number of hydrogen-bond donors (Lipinski definition) is 0. The van der Waals surface area contributed by atoms with Gasteiger partial charge in [-0.25, -0.2) is 0 Å². The molecule has 4 atom stereocenters. The summed E-state index contributed by atoms with van der Waals surface area (Å²) < 4.78 is 0. The summed E-state index contributed by atoms with van der Waals surface area (Å²) in [5.41, 5.74) is 0. The molecular formula is C10H4Cl8. The summed E-state index contributed by atoms with van der Waals surface area (Å²) in [6.07, 6.45) is 0.422. The van der Waals surface area contributed by atoms with Crippen molar-refractivity contribution in [1.82, 2.24) is 0 Å². The Kier molecular flexibility index (Phi) is 3.08. The molecule has 0 aromatic heterocycles. The van der Waals surface area contributed by atoms with Crippen LogP contribution >= 0.6 is 92.8 Å². The summed E-state index contributed by atoms with van der Waals surface area (Å²) in [4.78, 5) is -4.93. The van der Waals surface area contributed by atoms with Crippen LogP contribution in [0.2, 0.25) is 0 Å². The first-order valence-corrected chi connectivity index (χ1v) is 7.95. The van der Waals surface area contributed by atoms with Crippen molar-refractivity contribution < 1.29 is 0 Å². The van der Waals surface area contributed by atoms with E-state index in [1.807, 2.05) is 0 Å². The van der Waals surface area contributed by atoms with E-state index in [1.54, 1.807) is 0 Å². The summed E-state index contributed by atoms with van der Waals surface area (Å²) in [5.74, 6) is 0. The van der Waals surface area contributed by atoms with Gasteiger partial charge < -0.3 is 0 Å². The monoisotopic (exact) mass is 404 g/mol. The molecule has 3 aliphatic rings. The lowest BCUT2D eigenvalue weighted by molar-refractivity contribution is 0.477. The van der Waals surface area contributed by atoms with E-state index in [4.69, 9.17) is 92.8 Å².